The van der Waals surface area contributed by atoms with Gasteiger partial charge in [-0.05, 0) is 54.8 Å². The Morgan fingerprint density at radius 3 is 2.60 bits per heavy atom. The molecule has 0 bridgehead atoms. The molecule has 40 heavy (non-hydrogen) atoms. The first-order valence-electron chi connectivity index (χ1n) is 12.8. The third-order valence-corrected chi connectivity index (χ3v) is 9.27. The van der Waals surface area contributed by atoms with Gasteiger partial charge in [0.25, 0.3) is 5.91 Å². The summed E-state index contributed by atoms with van der Waals surface area (Å²) in [5.74, 6) is 0.140. The highest BCUT2D eigenvalue weighted by Gasteiger charge is 2.21. The summed E-state index contributed by atoms with van der Waals surface area (Å²) in [5, 5.41) is 9.19. The number of nitrogens with zero attached hydrogens (tertiary/aromatic N) is 3. The number of hydrogen-bond acceptors (Lipinski definition) is 7. The maximum atomic E-state index is 12.6. The van der Waals surface area contributed by atoms with Crippen LogP contribution < -0.4 is 10.6 Å². The molecule has 3 heterocycles. The van der Waals surface area contributed by atoms with Crippen molar-refractivity contribution >= 4 is 63.8 Å². The molecule has 0 unspecified atom stereocenters. The molecule has 2 N–H and O–H groups in total. The number of pyridine rings is 1. The van der Waals surface area contributed by atoms with E-state index in [2.05, 4.69) is 20.5 Å². The number of carbonyl (C=O) groups excluding carboxylic acids is 2. The molecule has 2 aromatic carbocycles. The third kappa shape index (κ3) is 7.83. The number of nitrogens with one attached hydrogen (secondary N) is 2. The number of thiazole rings is 1. The van der Waals surface area contributed by atoms with Gasteiger partial charge >= 0.3 is 0 Å². The molecule has 1 saturated heterocycles. The molecule has 0 saturated carbocycles. The smallest absolute Gasteiger partial charge is 0.255 e. The maximum absolute atomic E-state index is 12.6. The van der Waals surface area contributed by atoms with Crippen molar-refractivity contribution in [2.45, 2.75) is 29.8 Å². The second kappa shape index (κ2) is 13.6. The Bertz CT molecular complexity index is 1480. The number of piperidine rings is 1. The van der Waals surface area contributed by atoms with E-state index in [0.29, 0.717) is 27.0 Å². The van der Waals surface area contributed by atoms with Gasteiger partial charge < -0.3 is 10.6 Å². The number of rotatable bonds is 9. The molecule has 0 radical (unpaired) electrons. The average molecular weight is 613 g/mol. The van der Waals surface area contributed by atoms with Crippen LogP contribution in [0.15, 0.2) is 76.7 Å². The van der Waals surface area contributed by atoms with Crippen molar-refractivity contribution in [1.29, 1.82) is 0 Å². The summed E-state index contributed by atoms with van der Waals surface area (Å²) >= 11 is 15.1. The molecule has 5 rings (SSSR count). The van der Waals surface area contributed by atoms with Crippen LogP contribution in [0, 0.1) is 0 Å². The van der Waals surface area contributed by atoms with Gasteiger partial charge in [-0.15, -0.1) is 11.3 Å². The number of anilines is 1. The zero-order valence-electron chi connectivity index (χ0n) is 21.5. The lowest BCUT2D eigenvalue weighted by Crippen LogP contribution is -2.44. The number of carbonyl (C=O) groups is 2. The highest BCUT2D eigenvalue weighted by atomic mass is 35.5. The molecule has 1 aliphatic heterocycles. The average Bonchev–Trinajstić information content (AvgIpc) is 3.45. The van der Waals surface area contributed by atoms with Gasteiger partial charge in [0.05, 0.1) is 21.5 Å². The van der Waals surface area contributed by atoms with Crippen molar-refractivity contribution in [1.82, 2.24) is 20.2 Å². The maximum Gasteiger partial charge on any atom is 0.255 e. The first-order valence-corrected chi connectivity index (χ1v) is 15.4. The topological polar surface area (TPSA) is 87.2 Å². The molecule has 206 valence electrons. The van der Waals surface area contributed by atoms with Gasteiger partial charge in [-0.2, -0.15) is 0 Å². The first kappa shape index (κ1) is 28.6. The molecule has 4 aromatic rings. The van der Waals surface area contributed by atoms with Crippen LogP contribution in [0.5, 0.6) is 0 Å². The van der Waals surface area contributed by atoms with E-state index in [0.717, 1.165) is 53.6 Å². The summed E-state index contributed by atoms with van der Waals surface area (Å²) in [4.78, 5) is 36.1. The zero-order chi connectivity index (χ0) is 27.9. The van der Waals surface area contributed by atoms with Crippen LogP contribution >= 0.6 is 46.3 Å². The van der Waals surface area contributed by atoms with Crippen LogP contribution in [0.1, 0.15) is 28.8 Å². The van der Waals surface area contributed by atoms with Gasteiger partial charge in [0.1, 0.15) is 0 Å². The van der Waals surface area contributed by atoms with Crippen molar-refractivity contribution in [3.63, 3.8) is 0 Å². The van der Waals surface area contributed by atoms with E-state index in [-0.39, 0.29) is 17.9 Å². The van der Waals surface area contributed by atoms with Gasteiger partial charge in [-0.3, -0.25) is 19.5 Å². The molecule has 11 heteroatoms. The van der Waals surface area contributed by atoms with Crippen molar-refractivity contribution in [3.05, 3.63) is 93.5 Å². The largest absolute Gasteiger partial charge is 0.353 e. The highest BCUT2D eigenvalue weighted by Crippen LogP contribution is 2.30. The van der Waals surface area contributed by atoms with Crippen LogP contribution in [0.25, 0.3) is 11.3 Å². The van der Waals surface area contributed by atoms with Crippen molar-refractivity contribution in [2.24, 2.45) is 0 Å². The molecule has 1 fully saturated rings. The van der Waals surface area contributed by atoms with Crippen molar-refractivity contribution < 1.29 is 9.59 Å². The summed E-state index contributed by atoms with van der Waals surface area (Å²) in [5.41, 5.74) is 4.07. The predicted octanol–water partition coefficient (Wildman–Crippen LogP) is 6.64. The monoisotopic (exact) mass is 611 g/mol. The molecular weight excluding hydrogens is 585 g/mol. The van der Waals surface area contributed by atoms with Crippen LogP contribution in [0.3, 0.4) is 0 Å². The normalized spacial score (nSPS) is 14.2. The molecular formula is C29H27Cl2N5O2S2. The standard InChI is InChI=1S/C29H27Cl2N5O2S2/c30-24-5-4-19(14-25(24)31)16-36-12-8-22(9-13-36)33-27(37)18-40-29-35-26(17-39-29)21-2-1-3-23(15-21)34-28(38)20-6-10-32-11-7-20/h1-7,10-11,14-15,17,22H,8-9,12-13,16,18H2,(H,33,37)(H,34,38). The number of halogens is 2. The van der Waals surface area contributed by atoms with Crippen molar-refractivity contribution in [3.8, 4) is 11.3 Å². The van der Waals surface area contributed by atoms with Gasteiger partial charge in [0, 0.05) is 60.3 Å². The zero-order valence-corrected chi connectivity index (χ0v) is 24.6. The van der Waals surface area contributed by atoms with E-state index in [1.165, 1.54) is 23.1 Å². The lowest BCUT2D eigenvalue weighted by molar-refractivity contribution is -0.119. The molecule has 0 spiro atoms. The Kier molecular flexibility index (Phi) is 9.72. The van der Waals surface area contributed by atoms with E-state index >= 15 is 0 Å². The molecule has 2 aromatic heterocycles. The summed E-state index contributed by atoms with van der Waals surface area (Å²) < 4.78 is 0.827. The Morgan fingerprint density at radius 1 is 1.02 bits per heavy atom. The SMILES string of the molecule is O=C(CSc1nc(-c2cccc(NC(=O)c3ccncc3)c2)cs1)NC1CCN(Cc2ccc(Cl)c(Cl)c2)CC1. The summed E-state index contributed by atoms with van der Waals surface area (Å²) in [7, 11) is 0. The van der Waals surface area contributed by atoms with Crippen LogP contribution in [0.2, 0.25) is 10.0 Å². The number of likely N-dealkylation sites (tertiary alicyclic amines) is 1. The summed E-state index contributed by atoms with van der Waals surface area (Å²) in [6.45, 7) is 2.65. The van der Waals surface area contributed by atoms with Crippen LogP contribution in [0.4, 0.5) is 5.69 Å². The van der Waals surface area contributed by atoms with Gasteiger partial charge in [-0.25, -0.2) is 4.98 Å². The lowest BCUT2D eigenvalue weighted by atomic mass is 10.0. The van der Waals surface area contributed by atoms with Gasteiger partial charge in [0.15, 0.2) is 4.34 Å². The fraction of sp³-hybridized carbons (Fsp3) is 0.241. The fourth-order valence-corrected chi connectivity index (χ4v) is 6.41. The van der Waals surface area contributed by atoms with E-state index in [1.54, 1.807) is 24.5 Å². The minimum atomic E-state index is -0.197. The van der Waals surface area contributed by atoms with Gasteiger partial charge in [-0.1, -0.05) is 53.2 Å². The van der Waals surface area contributed by atoms with E-state index in [1.807, 2.05) is 47.8 Å². The molecule has 1 aliphatic rings. The lowest BCUT2D eigenvalue weighted by Gasteiger charge is -2.32. The fourth-order valence-electron chi connectivity index (χ4n) is 4.45. The van der Waals surface area contributed by atoms with Gasteiger partial charge in [0.2, 0.25) is 5.91 Å². The van der Waals surface area contributed by atoms with Crippen LogP contribution in [-0.2, 0) is 11.3 Å². The summed E-state index contributed by atoms with van der Waals surface area (Å²) in [6, 6.07) is 16.8. The quantitative estimate of drug-likeness (QED) is 0.206. The number of benzene rings is 2. The number of thioether (sulfide) groups is 1. The Morgan fingerprint density at radius 2 is 1.82 bits per heavy atom. The molecule has 7 nitrogen and oxygen atoms in total. The van der Waals surface area contributed by atoms with E-state index in [9.17, 15) is 9.59 Å². The second-order valence-electron chi connectivity index (χ2n) is 9.42. The molecule has 2 amide bonds. The summed E-state index contributed by atoms with van der Waals surface area (Å²) in [6.07, 6.45) is 4.99. The third-order valence-electron chi connectivity index (χ3n) is 6.51. The molecule has 0 atom stereocenters. The first-order chi connectivity index (χ1) is 19.4. The minimum absolute atomic E-state index is 0.0190. The number of amides is 2. The predicted molar refractivity (Wildman–Crippen MR) is 163 cm³/mol. The van der Waals surface area contributed by atoms with E-state index in [4.69, 9.17) is 28.2 Å². The highest BCUT2D eigenvalue weighted by molar-refractivity contribution is 8.01. The van der Waals surface area contributed by atoms with Crippen molar-refractivity contribution in [2.75, 3.05) is 24.2 Å². The van der Waals surface area contributed by atoms with Crippen LogP contribution in [-0.4, -0.2) is 51.6 Å². The Hall–Kier alpha value is -2.95. The number of aromatic nitrogens is 2. The Labute approximate surface area is 251 Å². The molecule has 0 aliphatic carbocycles. The Balaban J connectivity index is 1.07. The number of hydrogen-bond donors (Lipinski definition) is 2. The minimum Gasteiger partial charge on any atom is -0.353 e. The van der Waals surface area contributed by atoms with E-state index < -0.39 is 0 Å². The second-order valence-corrected chi connectivity index (χ2v) is 12.3.